The molecule has 0 spiro atoms. The number of rotatable bonds is 12. The van der Waals surface area contributed by atoms with Crippen LogP contribution in [-0.2, 0) is 0 Å². The first-order chi connectivity index (χ1) is 20.8. The third kappa shape index (κ3) is 6.78. The molecule has 2 saturated heterocycles. The van der Waals surface area contributed by atoms with E-state index in [4.69, 9.17) is 0 Å². The van der Waals surface area contributed by atoms with E-state index in [2.05, 4.69) is 6.92 Å². The van der Waals surface area contributed by atoms with Crippen molar-refractivity contribution in [2.75, 3.05) is 12.3 Å². The van der Waals surface area contributed by atoms with E-state index in [1.54, 1.807) is 186 Å². The molecule has 2 unspecified atom stereocenters. The first-order valence-electron chi connectivity index (χ1n) is 20.3. The summed E-state index contributed by atoms with van der Waals surface area (Å²) >= 11 is 0. The number of hydrogen-bond acceptors (Lipinski definition) is 0. The van der Waals surface area contributed by atoms with E-state index in [0.29, 0.717) is 0 Å². The highest BCUT2D eigenvalue weighted by Gasteiger charge is 2.60. The summed E-state index contributed by atoms with van der Waals surface area (Å²) in [7, 11) is 0.382. The second-order valence-corrected chi connectivity index (χ2v) is 22.7. The third-order valence-electron chi connectivity index (χ3n) is 14.6. The molecule has 6 fully saturated rings. The van der Waals surface area contributed by atoms with Crippen LogP contribution in [0.5, 0.6) is 0 Å². The zero-order chi connectivity index (χ0) is 28.7. The summed E-state index contributed by atoms with van der Waals surface area (Å²) in [6.07, 6.45) is 51.2. The smallest absolute Gasteiger partial charge is 0.000450 e. The van der Waals surface area contributed by atoms with Crippen LogP contribution in [0.1, 0.15) is 200 Å². The van der Waals surface area contributed by atoms with Crippen LogP contribution in [0.2, 0.25) is 0 Å². The molecule has 4 aliphatic carbocycles. The lowest BCUT2D eigenvalue weighted by atomic mass is 9.67. The molecular formula is C40H72P2. The van der Waals surface area contributed by atoms with E-state index in [0.717, 1.165) is 34.0 Å². The summed E-state index contributed by atoms with van der Waals surface area (Å²) in [6.45, 7) is 2.41. The highest BCUT2D eigenvalue weighted by Crippen LogP contribution is 2.82. The van der Waals surface area contributed by atoms with Crippen molar-refractivity contribution in [3.63, 3.8) is 0 Å². The number of unbranched alkanes of at least 4 members (excludes halogenated alkanes) is 4. The minimum Gasteiger partial charge on any atom is -0.0922 e. The van der Waals surface area contributed by atoms with Crippen LogP contribution < -0.4 is 0 Å². The van der Waals surface area contributed by atoms with Gasteiger partial charge in [0.15, 0.2) is 0 Å². The van der Waals surface area contributed by atoms with Crippen LogP contribution in [0.25, 0.3) is 0 Å². The second-order valence-electron chi connectivity index (χ2n) is 16.6. The molecule has 0 N–H and O–H groups in total. The van der Waals surface area contributed by atoms with Crippen molar-refractivity contribution in [2.45, 2.75) is 215 Å². The van der Waals surface area contributed by atoms with Gasteiger partial charge in [0.25, 0.3) is 0 Å². The van der Waals surface area contributed by atoms with Gasteiger partial charge < -0.3 is 0 Å². The van der Waals surface area contributed by atoms with E-state index < -0.39 is 0 Å². The lowest BCUT2D eigenvalue weighted by Gasteiger charge is -2.58. The fourth-order valence-corrected chi connectivity index (χ4v) is 24.5. The molecule has 42 heavy (non-hydrogen) atoms. The molecule has 0 radical (unpaired) electrons. The molecule has 0 bridgehead atoms. The highest BCUT2D eigenvalue weighted by atomic mass is 31.2. The SMILES string of the molecule is CCCCCCCC(P1CCCC1(C1CCCCC1)C1CCCCC1)P1CCCC1(C1CCCCC1)C1CCCCC1. The monoisotopic (exact) mass is 615 g/mol. The Morgan fingerprint density at radius 2 is 0.810 bits per heavy atom. The van der Waals surface area contributed by atoms with Crippen LogP contribution in [-0.4, -0.2) is 28.0 Å². The molecule has 2 heterocycles. The summed E-state index contributed by atoms with van der Waals surface area (Å²) in [5, 5.41) is 2.84. The Kier molecular flexibility index (Phi) is 12.6. The lowest BCUT2D eigenvalue weighted by Crippen LogP contribution is -2.47. The molecular weight excluding hydrogens is 542 g/mol. The fraction of sp³-hybridized carbons (Fsp3) is 1.00. The van der Waals surface area contributed by atoms with Crippen molar-refractivity contribution >= 4 is 15.8 Å². The fourth-order valence-electron chi connectivity index (χ4n) is 12.9. The van der Waals surface area contributed by atoms with Gasteiger partial charge in [0.2, 0.25) is 0 Å². The van der Waals surface area contributed by atoms with E-state index in [1.807, 2.05) is 0 Å². The Bertz CT molecular complexity index is 673. The topological polar surface area (TPSA) is 0 Å². The van der Waals surface area contributed by atoms with Gasteiger partial charge in [-0.3, -0.25) is 0 Å². The van der Waals surface area contributed by atoms with E-state index in [-0.39, 0.29) is 15.8 Å². The zero-order valence-corrected chi connectivity index (χ0v) is 30.2. The molecule has 0 aromatic heterocycles. The normalized spacial score (nSPS) is 32.8. The minimum absolute atomic E-state index is 0.191. The Labute approximate surface area is 266 Å². The highest BCUT2D eigenvalue weighted by molar-refractivity contribution is 7.77. The molecule has 0 amide bonds. The maximum absolute atomic E-state index is 2.41. The number of hydrogen-bond donors (Lipinski definition) is 0. The van der Waals surface area contributed by atoms with Gasteiger partial charge in [0.1, 0.15) is 0 Å². The van der Waals surface area contributed by atoms with Crippen molar-refractivity contribution in [1.82, 2.24) is 0 Å². The van der Waals surface area contributed by atoms with Crippen molar-refractivity contribution in [3.8, 4) is 0 Å². The van der Waals surface area contributed by atoms with Gasteiger partial charge in [-0.15, -0.1) is 0 Å². The lowest BCUT2D eigenvalue weighted by molar-refractivity contribution is 0.165. The summed E-state index contributed by atoms with van der Waals surface area (Å²) in [5.74, 6) is 4.51. The molecule has 0 aromatic rings. The molecule has 0 nitrogen and oxygen atoms in total. The van der Waals surface area contributed by atoms with Crippen molar-refractivity contribution in [2.24, 2.45) is 23.7 Å². The molecule has 2 heteroatoms. The molecule has 4 saturated carbocycles. The van der Waals surface area contributed by atoms with Gasteiger partial charge in [-0.2, -0.15) is 0 Å². The molecule has 2 atom stereocenters. The average molecular weight is 615 g/mol. The molecule has 6 aliphatic rings. The van der Waals surface area contributed by atoms with Crippen LogP contribution in [0.4, 0.5) is 0 Å². The summed E-state index contributed by atoms with van der Waals surface area (Å²) < 4.78 is 0. The van der Waals surface area contributed by atoms with Crippen molar-refractivity contribution < 1.29 is 0 Å². The maximum Gasteiger partial charge on any atom is 0.000450 e. The van der Waals surface area contributed by atoms with Crippen molar-refractivity contribution in [3.05, 3.63) is 0 Å². The summed E-state index contributed by atoms with van der Waals surface area (Å²) in [6, 6.07) is 0. The van der Waals surface area contributed by atoms with E-state index in [9.17, 15) is 0 Å². The molecule has 2 aliphatic heterocycles. The van der Waals surface area contributed by atoms with E-state index >= 15 is 0 Å². The van der Waals surface area contributed by atoms with Crippen LogP contribution in [0.3, 0.4) is 0 Å². The van der Waals surface area contributed by atoms with Crippen LogP contribution >= 0.6 is 15.8 Å². The second kappa shape index (κ2) is 16.1. The maximum atomic E-state index is 2.41. The predicted molar refractivity (Wildman–Crippen MR) is 191 cm³/mol. The average Bonchev–Trinajstić information content (AvgIpc) is 3.71. The Hall–Kier alpha value is 0.860. The third-order valence-corrected chi connectivity index (χ3v) is 23.8. The first kappa shape index (κ1) is 32.8. The van der Waals surface area contributed by atoms with Gasteiger partial charge >= 0.3 is 0 Å². The molecule has 242 valence electrons. The van der Waals surface area contributed by atoms with Crippen LogP contribution in [0.15, 0.2) is 0 Å². The zero-order valence-electron chi connectivity index (χ0n) is 28.4. The largest absolute Gasteiger partial charge is 0.0922 e. The predicted octanol–water partition coefficient (Wildman–Crippen LogP) is 14.0. The van der Waals surface area contributed by atoms with Crippen LogP contribution in [0, 0.1) is 23.7 Å². The van der Waals surface area contributed by atoms with Gasteiger partial charge in [-0.25, -0.2) is 0 Å². The molecule has 6 rings (SSSR count). The van der Waals surface area contributed by atoms with Gasteiger partial charge in [0, 0.05) is 5.40 Å². The van der Waals surface area contributed by atoms with Gasteiger partial charge in [0.05, 0.1) is 0 Å². The summed E-state index contributed by atoms with van der Waals surface area (Å²) in [4.78, 5) is 0. The summed E-state index contributed by atoms with van der Waals surface area (Å²) in [5.41, 5.74) is 0. The Balaban J connectivity index is 1.37. The quantitative estimate of drug-likeness (QED) is 0.151. The van der Waals surface area contributed by atoms with Gasteiger partial charge in [-0.1, -0.05) is 132 Å². The minimum atomic E-state index is 0.191. The van der Waals surface area contributed by atoms with E-state index in [1.165, 1.54) is 24.7 Å². The van der Waals surface area contributed by atoms with Crippen molar-refractivity contribution in [1.29, 1.82) is 0 Å². The Morgan fingerprint density at radius 1 is 0.452 bits per heavy atom. The standard InChI is InChI=1S/C40H72P2/c1-2-3-4-5-18-29-38(41-32-19-30-39(41,34-21-10-6-11-22-34)35-23-12-7-13-24-35)42-33-20-31-40(42,36-25-14-8-15-26-36)37-27-16-9-17-28-37/h34-38H,2-33H2,1H3. The molecule has 0 aromatic carbocycles. The van der Waals surface area contributed by atoms with Gasteiger partial charge in [-0.05, 0) is 130 Å². The Morgan fingerprint density at radius 3 is 1.17 bits per heavy atom. The first-order valence-corrected chi connectivity index (χ1v) is 23.5.